The first-order valence-corrected chi connectivity index (χ1v) is 4.37. The monoisotopic (exact) mass is 186 g/mol. The minimum Gasteiger partial charge on any atom is -0.299 e. The van der Waals surface area contributed by atoms with Gasteiger partial charge in [-0.2, -0.15) is 0 Å². The van der Waals surface area contributed by atoms with E-state index in [9.17, 15) is 4.79 Å². The lowest BCUT2D eigenvalue weighted by atomic mass is 10.3. The van der Waals surface area contributed by atoms with Crippen LogP contribution in [0.3, 0.4) is 0 Å². The molecule has 0 spiro atoms. The molecule has 0 aliphatic rings. The average Bonchev–Trinajstić information content (AvgIpc) is 2.36. The largest absolute Gasteiger partial charge is 0.299 e. The van der Waals surface area contributed by atoms with E-state index in [1.165, 1.54) is 17.4 Å². The Bertz CT molecular complexity index is 288. The molecule has 0 aromatic carbocycles. The zero-order valence-electron chi connectivity index (χ0n) is 6.00. The summed E-state index contributed by atoms with van der Waals surface area (Å²) in [5.74, 6) is 0. The summed E-state index contributed by atoms with van der Waals surface area (Å²) in [6.45, 7) is 1.97. The maximum atomic E-state index is 10.1. The summed E-state index contributed by atoms with van der Waals surface area (Å²) in [5, 5.41) is 2.47. The Morgan fingerprint density at radius 1 is 1.73 bits per heavy atom. The van der Waals surface area contributed by atoms with E-state index in [0.29, 0.717) is 11.3 Å². The van der Waals surface area contributed by atoms with E-state index < -0.39 is 0 Å². The molecule has 1 rings (SSSR count). The molecule has 0 fully saturated rings. The lowest BCUT2D eigenvalue weighted by molar-refractivity contribution is -0.104. The molecule has 0 radical (unpaired) electrons. The van der Waals surface area contributed by atoms with Gasteiger partial charge in [0.1, 0.15) is 6.29 Å². The lowest BCUT2D eigenvalue weighted by Gasteiger charge is -1.92. The molecule has 0 N–H and O–H groups in total. The Hall–Kier alpha value is -0.600. The second-order valence-electron chi connectivity index (χ2n) is 2.08. The molecule has 3 heteroatoms. The lowest BCUT2D eigenvalue weighted by Crippen LogP contribution is -1.74. The van der Waals surface area contributed by atoms with Gasteiger partial charge < -0.3 is 0 Å². The number of aldehydes is 1. The van der Waals surface area contributed by atoms with Crippen molar-refractivity contribution in [3.05, 3.63) is 28.0 Å². The highest BCUT2D eigenvalue weighted by Gasteiger charge is 2.02. The van der Waals surface area contributed by atoms with Gasteiger partial charge in [-0.1, -0.05) is 11.6 Å². The van der Waals surface area contributed by atoms with Crippen molar-refractivity contribution in [1.82, 2.24) is 0 Å². The van der Waals surface area contributed by atoms with Crippen LogP contribution in [0.25, 0.3) is 5.03 Å². The van der Waals surface area contributed by atoms with Crippen LogP contribution in [0, 0.1) is 6.92 Å². The number of hydrogen-bond acceptors (Lipinski definition) is 2. The Morgan fingerprint density at radius 3 is 2.91 bits per heavy atom. The fourth-order valence-corrected chi connectivity index (χ4v) is 1.93. The number of aryl methyl sites for hydroxylation is 1. The van der Waals surface area contributed by atoms with Gasteiger partial charge in [0.05, 0.1) is 5.03 Å². The van der Waals surface area contributed by atoms with Gasteiger partial charge in [-0.15, -0.1) is 11.3 Å². The Morgan fingerprint density at radius 2 is 2.45 bits per heavy atom. The topological polar surface area (TPSA) is 17.1 Å². The highest BCUT2D eigenvalue weighted by Crippen LogP contribution is 2.26. The van der Waals surface area contributed by atoms with Crippen molar-refractivity contribution in [3.8, 4) is 0 Å². The molecular weight excluding hydrogens is 180 g/mol. The summed E-state index contributed by atoms with van der Waals surface area (Å²) >= 11 is 7.33. The van der Waals surface area contributed by atoms with Crippen molar-refractivity contribution in [2.45, 2.75) is 6.92 Å². The third-order valence-corrected chi connectivity index (χ3v) is 2.77. The van der Waals surface area contributed by atoms with Crippen LogP contribution in [-0.4, -0.2) is 6.29 Å². The summed E-state index contributed by atoms with van der Waals surface area (Å²) in [7, 11) is 0. The van der Waals surface area contributed by atoms with E-state index in [0.717, 1.165) is 10.4 Å². The minimum absolute atomic E-state index is 0.521. The van der Waals surface area contributed by atoms with Crippen molar-refractivity contribution in [2.75, 3.05) is 0 Å². The van der Waals surface area contributed by atoms with Gasteiger partial charge in [-0.3, -0.25) is 4.79 Å². The van der Waals surface area contributed by atoms with Gasteiger partial charge >= 0.3 is 0 Å². The average molecular weight is 187 g/mol. The van der Waals surface area contributed by atoms with E-state index in [4.69, 9.17) is 11.6 Å². The second kappa shape index (κ2) is 3.69. The molecule has 0 saturated carbocycles. The number of carbonyl (C=O) groups is 1. The SMILES string of the molecule is Cc1ccsc1/C(Cl)=C/C=O. The van der Waals surface area contributed by atoms with Crippen LogP contribution in [0.1, 0.15) is 10.4 Å². The van der Waals surface area contributed by atoms with Crippen LogP contribution >= 0.6 is 22.9 Å². The van der Waals surface area contributed by atoms with E-state index in [1.54, 1.807) is 0 Å². The molecular formula is C8H7ClOS. The number of hydrogen-bond donors (Lipinski definition) is 0. The van der Waals surface area contributed by atoms with Crippen LogP contribution in [0.5, 0.6) is 0 Å². The number of halogens is 1. The van der Waals surface area contributed by atoms with Gasteiger partial charge in [0, 0.05) is 4.88 Å². The highest BCUT2D eigenvalue weighted by atomic mass is 35.5. The van der Waals surface area contributed by atoms with Crippen molar-refractivity contribution < 1.29 is 4.79 Å². The van der Waals surface area contributed by atoms with Gasteiger partial charge in [-0.25, -0.2) is 0 Å². The summed E-state index contributed by atoms with van der Waals surface area (Å²) in [4.78, 5) is 11.0. The molecule has 0 atom stereocenters. The van der Waals surface area contributed by atoms with Gasteiger partial charge in [0.15, 0.2) is 0 Å². The predicted molar refractivity (Wildman–Crippen MR) is 49.0 cm³/mol. The third-order valence-electron chi connectivity index (χ3n) is 1.29. The fraction of sp³-hybridized carbons (Fsp3) is 0.125. The maximum Gasteiger partial charge on any atom is 0.144 e. The van der Waals surface area contributed by atoms with Gasteiger partial charge in [0.2, 0.25) is 0 Å². The van der Waals surface area contributed by atoms with Gasteiger partial charge in [-0.05, 0) is 30.0 Å². The molecule has 0 saturated heterocycles. The second-order valence-corrected chi connectivity index (χ2v) is 3.41. The molecule has 1 aromatic rings. The third kappa shape index (κ3) is 1.91. The molecule has 0 aliphatic carbocycles. The summed E-state index contributed by atoms with van der Waals surface area (Å²) in [5.41, 5.74) is 1.11. The molecule has 0 aliphatic heterocycles. The van der Waals surface area contributed by atoms with Crippen LogP contribution < -0.4 is 0 Å². The first kappa shape index (κ1) is 8.50. The van der Waals surface area contributed by atoms with Gasteiger partial charge in [0.25, 0.3) is 0 Å². The molecule has 0 unspecified atom stereocenters. The van der Waals surface area contributed by atoms with E-state index in [2.05, 4.69) is 0 Å². The molecule has 1 heterocycles. The molecule has 1 nitrogen and oxygen atoms in total. The fourth-order valence-electron chi connectivity index (χ4n) is 0.753. The molecule has 58 valence electrons. The Balaban J connectivity index is 3.01. The quantitative estimate of drug-likeness (QED) is 0.513. The van der Waals surface area contributed by atoms with E-state index in [1.807, 2.05) is 18.4 Å². The summed E-state index contributed by atoms with van der Waals surface area (Å²) < 4.78 is 0. The zero-order valence-corrected chi connectivity index (χ0v) is 7.58. The first-order valence-electron chi connectivity index (χ1n) is 3.11. The van der Waals surface area contributed by atoms with E-state index in [-0.39, 0.29) is 0 Å². The normalized spacial score (nSPS) is 11.6. The molecule has 0 amide bonds. The zero-order chi connectivity index (χ0) is 8.27. The first-order chi connectivity index (χ1) is 5.25. The maximum absolute atomic E-state index is 10.1. The van der Waals surface area contributed by atoms with Crippen LogP contribution in [0.2, 0.25) is 0 Å². The van der Waals surface area contributed by atoms with E-state index >= 15 is 0 Å². The Kier molecular flexibility index (Phi) is 2.85. The standard InChI is InChI=1S/C8H7ClOS/c1-6-3-5-11-8(6)7(9)2-4-10/h2-5H,1H3/b7-2-. The Labute approximate surface area is 74.3 Å². The van der Waals surface area contributed by atoms with Crippen LogP contribution in [0.15, 0.2) is 17.5 Å². The smallest absolute Gasteiger partial charge is 0.144 e. The van der Waals surface area contributed by atoms with Crippen molar-refractivity contribution >= 4 is 34.3 Å². The minimum atomic E-state index is 0.521. The molecule has 11 heavy (non-hydrogen) atoms. The highest BCUT2D eigenvalue weighted by molar-refractivity contribution is 7.12. The van der Waals surface area contributed by atoms with Crippen molar-refractivity contribution in [3.63, 3.8) is 0 Å². The van der Waals surface area contributed by atoms with Crippen molar-refractivity contribution in [2.24, 2.45) is 0 Å². The number of thiophene rings is 1. The molecule has 1 aromatic heterocycles. The summed E-state index contributed by atoms with van der Waals surface area (Å²) in [6.07, 6.45) is 2.06. The predicted octanol–water partition coefficient (Wildman–Crippen LogP) is 2.84. The van der Waals surface area contributed by atoms with Crippen LogP contribution in [0.4, 0.5) is 0 Å². The number of rotatable bonds is 2. The van der Waals surface area contributed by atoms with Crippen molar-refractivity contribution in [1.29, 1.82) is 0 Å². The number of carbonyl (C=O) groups excluding carboxylic acids is 1. The molecule has 0 bridgehead atoms. The van der Waals surface area contributed by atoms with Crippen LogP contribution in [-0.2, 0) is 4.79 Å². The number of allylic oxidation sites excluding steroid dienone is 1. The summed E-state index contributed by atoms with van der Waals surface area (Å²) in [6, 6.07) is 1.97.